The molecule has 1 atom stereocenters. The Hall–Kier alpha value is -3.23. The molecule has 0 radical (unpaired) electrons. The second-order valence-electron chi connectivity index (χ2n) is 7.79. The third-order valence-corrected chi connectivity index (χ3v) is 7.67. The summed E-state index contributed by atoms with van der Waals surface area (Å²) in [5.74, 6) is -0.742. The molecule has 3 aromatic carbocycles. The van der Waals surface area contributed by atoms with E-state index >= 15 is 0 Å². The molecule has 2 amide bonds. The lowest BCUT2D eigenvalue weighted by Gasteiger charge is -2.24. The molecule has 166 valence electrons. The van der Waals surface area contributed by atoms with E-state index in [4.69, 9.17) is 0 Å². The summed E-state index contributed by atoms with van der Waals surface area (Å²) in [6, 6.07) is 20.8. The van der Waals surface area contributed by atoms with Crippen LogP contribution >= 0.6 is 0 Å². The molecule has 0 aromatic heterocycles. The minimum atomic E-state index is -3.85. The molecule has 0 spiro atoms. The average molecular weight is 452 g/mol. The summed E-state index contributed by atoms with van der Waals surface area (Å²) in [7, 11) is -2.21. The van der Waals surface area contributed by atoms with Gasteiger partial charge in [0.25, 0.3) is 0 Å². The molecule has 0 bridgehead atoms. The van der Waals surface area contributed by atoms with Crippen molar-refractivity contribution in [2.45, 2.75) is 23.8 Å². The highest BCUT2D eigenvalue weighted by molar-refractivity contribution is 7.89. The lowest BCUT2D eigenvalue weighted by molar-refractivity contribution is -0.127. The van der Waals surface area contributed by atoms with Gasteiger partial charge < -0.3 is 10.2 Å². The van der Waals surface area contributed by atoms with Gasteiger partial charge in [-0.05, 0) is 47.9 Å². The van der Waals surface area contributed by atoms with Crippen molar-refractivity contribution in [2.24, 2.45) is 0 Å². The van der Waals surface area contributed by atoms with Gasteiger partial charge in [-0.1, -0.05) is 48.5 Å². The van der Waals surface area contributed by atoms with Crippen LogP contribution in [0.1, 0.15) is 12.8 Å². The Kier molecular flexibility index (Phi) is 6.25. The van der Waals surface area contributed by atoms with E-state index in [1.165, 1.54) is 9.21 Å². The number of nitrogens with one attached hydrogen (secondary N) is 1. The zero-order chi connectivity index (χ0) is 22.7. The van der Waals surface area contributed by atoms with Gasteiger partial charge in [-0.2, -0.15) is 4.31 Å². The summed E-state index contributed by atoms with van der Waals surface area (Å²) in [6.07, 6.45) is 1.00. The molecule has 1 aliphatic heterocycles. The van der Waals surface area contributed by atoms with Crippen molar-refractivity contribution in [3.8, 4) is 0 Å². The molecule has 4 rings (SSSR count). The summed E-state index contributed by atoms with van der Waals surface area (Å²) >= 11 is 0. The highest BCUT2D eigenvalue weighted by Crippen LogP contribution is 2.28. The maximum absolute atomic E-state index is 13.3. The Morgan fingerprint density at radius 2 is 1.69 bits per heavy atom. The number of anilines is 1. The molecule has 7 nitrogen and oxygen atoms in total. The average Bonchev–Trinajstić information content (AvgIpc) is 3.33. The van der Waals surface area contributed by atoms with Crippen LogP contribution in [0.4, 0.5) is 5.69 Å². The van der Waals surface area contributed by atoms with Gasteiger partial charge in [-0.3, -0.25) is 9.59 Å². The first kappa shape index (κ1) is 22.0. The molecule has 0 aliphatic carbocycles. The van der Waals surface area contributed by atoms with Crippen molar-refractivity contribution in [3.05, 3.63) is 72.8 Å². The first-order valence-corrected chi connectivity index (χ1v) is 11.9. The summed E-state index contributed by atoms with van der Waals surface area (Å²) in [5, 5.41) is 4.39. The van der Waals surface area contributed by atoms with E-state index in [1.807, 2.05) is 42.5 Å². The molecule has 32 heavy (non-hydrogen) atoms. The van der Waals surface area contributed by atoms with Crippen LogP contribution in [0.5, 0.6) is 0 Å². The van der Waals surface area contributed by atoms with Crippen LogP contribution in [0, 0.1) is 0 Å². The quantitative estimate of drug-likeness (QED) is 0.624. The number of amides is 2. The SMILES string of the molecule is CN(C(=O)CNC(=O)C1CCCN1S(=O)(=O)c1ccc2ccccc2c1)c1ccccc1. The number of carbonyl (C=O) groups excluding carboxylic acids is 2. The van der Waals surface area contributed by atoms with E-state index in [-0.39, 0.29) is 23.9 Å². The number of fused-ring (bicyclic) bond motifs is 1. The van der Waals surface area contributed by atoms with Crippen molar-refractivity contribution in [3.63, 3.8) is 0 Å². The highest BCUT2D eigenvalue weighted by Gasteiger charge is 2.39. The molecule has 8 heteroatoms. The zero-order valence-electron chi connectivity index (χ0n) is 17.8. The Morgan fingerprint density at radius 1 is 1.00 bits per heavy atom. The fourth-order valence-electron chi connectivity index (χ4n) is 3.95. The first-order chi connectivity index (χ1) is 15.4. The minimum Gasteiger partial charge on any atom is -0.346 e. The molecular formula is C24H25N3O4S. The van der Waals surface area contributed by atoms with Crippen molar-refractivity contribution in [1.82, 2.24) is 9.62 Å². The van der Waals surface area contributed by atoms with E-state index in [0.29, 0.717) is 18.5 Å². The Balaban J connectivity index is 1.46. The fraction of sp³-hybridized carbons (Fsp3) is 0.250. The Labute approximate surface area is 187 Å². The molecule has 1 unspecified atom stereocenters. The standard InChI is InChI=1S/C24H25N3O4S/c1-26(20-10-3-2-4-11-20)23(28)17-25-24(29)22-12-7-15-27(22)32(30,31)21-14-13-18-8-5-6-9-19(18)16-21/h2-6,8-11,13-14,16,22H,7,12,15,17H2,1H3,(H,25,29). The normalized spacial score (nSPS) is 16.7. The maximum atomic E-state index is 13.3. The smallest absolute Gasteiger partial charge is 0.246 e. The van der Waals surface area contributed by atoms with E-state index in [9.17, 15) is 18.0 Å². The van der Waals surface area contributed by atoms with Crippen LogP contribution in [0.15, 0.2) is 77.7 Å². The van der Waals surface area contributed by atoms with Gasteiger partial charge in [0.1, 0.15) is 6.04 Å². The van der Waals surface area contributed by atoms with E-state index in [1.54, 1.807) is 37.4 Å². The van der Waals surface area contributed by atoms with E-state index < -0.39 is 22.0 Å². The highest BCUT2D eigenvalue weighted by atomic mass is 32.2. The number of benzene rings is 3. The lowest BCUT2D eigenvalue weighted by atomic mass is 10.1. The van der Waals surface area contributed by atoms with Crippen molar-refractivity contribution >= 4 is 38.3 Å². The van der Waals surface area contributed by atoms with Gasteiger partial charge >= 0.3 is 0 Å². The second-order valence-corrected chi connectivity index (χ2v) is 9.68. The number of sulfonamides is 1. The summed E-state index contributed by atoms with van der Waals surface area (Å²) in [4.78, 5) is 26.9. The predicted molar refractivity (Wildman–Crippen MR) is 124 cm³/mol. The number of carbonyl (C=O) groups is 2. The van der Waals surface area contributed by atoms with Crippen molar-refractivity contribution in [2.75, 3.05) is 25.0 Å². The third-order valence-electron chi connectivity index (χ3n) is 5.77. The van der Waals surface area contributed by atoms with Gasteiger partial charge in [0, 0.05) is 19.3 Å². The Morgan fingerprint density at radius 3 is 2.44 bits per heavy atom. The van der Waals surface area contributed by atoms with Crippen molar-refractivity contribution in [1.29, 1.82) is 0 Å². The summed E-state index contributed by atoms with van der Waals surface area (Å²) in [5.41, 5.74) is 0.716. The van der Waals surface area contributed by atoms with Crippen LogP contribution in [-0.2, 0) is 19.6 Å². The minimum absolute atomic E-state index is 0.163. The predicted octanol–water partition coefficient (Wildman–Crippen LogP) is 2.77. The van der Waals surface area contributed by atoms with Gasteiger partial charge in [-0.25, -0.2) is 8.42 Å². The number of nitrogens with zero attached hydrogens (tertiary/aromatic N) is 2. The van der Waals surface area contributed by atoms with Crippen LogP contribution in [0.2, 0.25) is 0 Å². The van der Waals surface area contributed by atoms with E-state index in [0.717, 1.165) is 10.8 Å². The topological polar surface area (TPSA) is 86.8 Å². The van der Waals surface area contributed by atoms with Crippen LogP contribution in [0.3, 0.4) is 0 Å². The number of hydrogen-bond donors (Lipinski definition) is 1. The summed E-state index contributed by atoms with van der Waals surface area (Å²) in [6.45, 7) is 0.0652. The molecule has 0 saturated carbocycles. The third kappa shape index (κ3) is 4.37. The lowest BCUT2D eigenvalue weighted by Crippen LogP contribution is -2.48. The van der Waals surface area contributed by atoms with Crippen LogP contribution in [-0.4, -0.2) is 50.7 Å². The fourth-order valence-corrected chi connectivity index (χ4v) is 5.64. The van der Waals surface area contributed by atoms with Crippen LogP contribution in [0.25, 0.3) is 10.8 Å². The molecule has 1 N–H and O–H groups in total. The number of rotatable bonds is 6. The van der Waals surface area contributed by atoms with Crippen LogP contribution < -0.4 is 10.2 Å². The largest absolute Gasteiger partial charge is 0.346 e. The molecule has 1 fully saturated rings. The van der Waals surface area contributed by atoms with E-state index in [2.05, 4.69) is 5.32 Å². The number of hydrogen-bond acceptors (Lipinski definition) is 4. The molecule has 1 aliphatic rings. The maximum Gasteiger partial charge on any atom is 0.246 e. The van der Waals surface area contributed by atoms with Gasteiger partial charge in [0.15, 0.2) is 0 Å². The van der Waals surface area contributed by atoms with Gasteiger partial charge in [0.2, 0.25) is 21.8 Å². The molecule has 1 saturated heterocycles. The number of likely N-dealkylation sites (N-methyl/N-ethyl adjacent to an activating group) is 1. The van der Waals surface area contributed by atoms with Gasteiger partial charge in [-0.15, -0.1) is 0 Å². The van der Waals surface area contributed by atoms with Gasteiger partial charge in [0.05, 0.1) is 11.4 Å². The summed E-state index contributed by atoms with van der Waals surface area (Å²) < 4.78 is 27.8. The Bertz CT molecular complexity index is 1240. The first-order valence-electron chi connectivity index (χ1n) is 10.5. The number of para-hydroxylation sites is 1. The molecular weight excluding hydrogens is 426 g/mol. The van der Waals surface area contributed by atoms with Crippen molar-refractivity contribution < 1.29 is 18.0 Å². The monoisotopic (exact) mass is 451 g/mol. The zero-order valence-corrected chi connectivity index (χ0v) is 18.6. The molecule has 3 aromatic rings. The second kappa shape index (κ2) is 9.10. The molecule has 1 heterocycles.